The van der Waals surface area contributed by atoms with Crippen molar-refractivity contribution >= 4 is 39.5 Å². The van der Waals surface area contributed by atoms with Crippen molar-refractivity contribution in [3.8, 4) is 0 Å². The quantitative estimate of drug-likeness (QED) is 0.0169. The second-order valence-corrected chi connectivity index (χ2v) is 29.2. The number of carbonyl (C=O) groups is 4. The Labute approximate surface area is 596 Å². The molecule has 0 spiro atoms. The van der Waals surface area contributed by atoms with Gasteiger partial charge in [-0.25, -0.2) is 9.13 Å². The fourth-order valence-electron chi connectivity index (χ4n) is 10.6. The van der Waals surface area contributed by atoms with Gasteiger partial charge in [0, 0.05) is 25.7 Å². The molecular formula is C79H142O17P2. The second-order valence-electron chi connectivity index (χ2n) is 26.3. The average molecular weight is 1430 g/mol. The van der Waals surface area contributed by atoms with E-state index in [1.54, 1.807) is 0 Å². The number of ether oxygens (including phenoxy) is 4. The summed E-state index contributed by atoms with van der Waals surface area (Å²) in [7, 11) is -9.96. The lowest BCUT2D eigenvalue weighted by molar-refractivity contribution is -0.161. The number of allylic oxidation sites excluding steroid dienone is 12. The number of aliphatic hydroxyl groups excluding tert-OH is 1. The number of esters is 4. The maximum Gasteiger partial charge on any atom is 0.472 e. The Morgan fingerprint density at radius 3 is 0.847 bits per heavy atom. The number of phosphoric acid groups is 2. The predicted molar refractivity (Wildman–Crippen MR) is 400 cm³/mol. The van der Waals surface area contributed by atoms with Crippen molar-refractivity contribution in [2.24, 2.45) is 0 Å². The van der Waals surface area contributed by atoms with Gasteiger partial charge >= 0.3 is 39.5 Å². The third kappa shape index (κ3) is 70.9. The number of rotatable bonds is 74. The fraction of sp³-hybridized carbons (Fsp3) is 0.797. The highest BCUT2D eigenvalue weighted by molar-refractivity contribution is 7.47. The van der Waals surface area contributed by atoms with Crippen LogP contribution in [0.2, 0.25) is 0 Å². The summed E-state index contributed by atoms with van der Waals surface area (Å²) in [5.41, 5.74) is 0. The van der Waals surface area contributed by atoms with Gasteiger partial charge in [-0.1, -0.05) is 280 Å². The molecular weight excluding hydrogens is 1280 g/mol. The highest BCUT2D eigenvalue weighted by Crippen LogP contribution is 2.45. The summed E-state index contributed by atoms with van der Waals surface area (Å²) >= 11 is 0. The van der Waals surface area contributed by atoms with Crippen molar-refractivity contribution in [1.29, 1.82) is 0 Å². The first-order valence-electron chi connectivity index (χ1n) is 39.2. The van der Waals surface area contributed by atoms with Gasteiger partial charge in [0.2, 0.25) is 0 Å². The summed E-state index contributed by atoms with van der Waals surface area (Å²) in [6.07, 6.45) is 71.8. The van der Waals surface area contributed by atoms with Crippen molar-refractivity contribution < 1.29 is 80.2 Å². The van der Waals surface area contributed by atoms with Crippen LogP contribution < -0.4 is 0 Å². The Balaban J connectivity index is 5.38. The molecule has 0 aliphatic carbocycles. The molecule has 3 N–H and O–H groups in total. The largest absolute Gasteiger partial charge is 0.472 e. The predicted octanol–water partition coefficient (Wildman–Crippen LogP) is 22.4. The third-order valence-electron chi connectivity index (χ3n) is 16.6. The highest BCUT2D eigenvalue weighted by Gasteiger charge is 2.30. The third-order valence-corrected chi connectivity index (χ3v) is 18.5. The van der Waals surface area contributed by atoms with Crippen LogP contribution in [0.15, 0.2) is 72.9 Å². The molecule has 2 unspecified atom stereocenters. The summed E-state index contributed by atoms with van der Waals surface area (Å²) < 4.78 is 68.4. The van der Waals surface area contributed by atoms with Gasteiger partial charge in [0.05, 0.1) is 26.4 Å². The average Bonchev–Trinajstić information content (AvgIpc) is 1.02. The standard InChI is InChI=1S/C79H142O17P2/c1-5-9-13-17-21-25-29-33-35-36-38-42-46-50-54-58-62-66-79(84)96-75(69-89-76(81)63-59-55-51-47-43-39-31-27-23-19-15-11-7-3)72-94-98(87,88)92-68-73(80)67-91-97(85,86)93-71-74(95-78(83)65-61-57-53-49-45-40-32-28-24-20-16-12-8-4)70-90-77(82)64-60-56-52-48-44-41-37-34-30-26-22-18-14-10-6-2/h21,25,27,31,33-35,37-38,42,50,54,73-75,80H,5-20,22-24,26,28-30,32,36,39-41,43-49,51-53,55-72H2,1-4H3,(H,85,86)(H,87,88)/b25-21-,31-27-,35-33-,37-34-,42-38-,54-50-/t73-,74+,75+/m0/s1. The van der Waals surface area contributed by atoms with Crippen LogP contribution in [0.25, 0.3) is 0 Å². The molecule has 0 amide bonds. The van der Waals surface area contributed by atoms with Crippen LogP contribution in [0, 0.1) is 0 Å². The van der Waals surface area contributed by atoms with Gasteiger partial charge in [-0.3, -0.25) is 37.3 Å². The molecule has 0 radical (unpaired) electrons. The maximum atomic E-state index is 13.1. The van der Waals surface area contributed by atoms with E-state index < -0.39 is 97.5 Å². The first-order valence-corrected chi connectivity index (χ1v) is 42.2. The molecule has 0 aromatic rings. The lowest BCUT2D eigenvalue weighted by atomic mass is 10.0. The van der Waals surface area contributed by atoms with E-state index in [1.165, 1.54) is 135 Å². The Kier molecular flexibility index (Phi) is 69.3. The van der Waals surface area contributed by atoms with Gasteiger partial charge in [0.1, 0.15) is 19.3 Å². The van der Waals surface area contributed by atoms with E-state index in [2.05, 4.69) is 88.5 Å². The van der Waals surface area contributed by atoms with Gasteiger partial charge in [0.25, 0.3) is 0 Å². The van der Waals surface area contributed by atoms with E-state index in [0.717, 1.165) is 128 Å². The van der Waals surface area contributed by atoms with Crippen LogP contribution in [0.1, 0.15) is 349 Å². The minimum absolute atomic E-state index is 0.0200. The molecule has 0 bridgehead atoms. The van der Waals surface area contributed by atoms with Gasteiger partial charge in [-0.15, -0.1) is 0 Å². The normalized spacial score (nSPS) is 14.3. The smallest absolute Gasteiger partial charge is 0.462 e. The zero-order chi connectivity index (χ0) is 71.8. The summed E-state index contributed by atoms with van der Waals surface area (Å²) in [4.78, 5) is 72.8. The molecule has 570 valence electrons. The number of unbranched alkanes of at least 4 members (excludes halogenated alkanes) is 36. The molecule has 0 heterocycles. The molecule has 0 aromatic heterocycles. The molecule has 0 aliphatic rings. The van der Waals surface area contributed by atoms with Gasteiger partial charge in [-0.05, 0) is 116 Å². The maximum absolute atomic E-state index is 13.1. The van der Waals surface area contributed by atoms with Crippen LogP contribution >= 0.6 is 15.6 Å². The van der Waals surface area contributed by atoms with Crippen LogP contribution in [0.3, 0.4) is 0 Å². The van der Waals surface area contributed by atoms with E-state index in [-0.39, 0.29) is 25.7 Å². The molecule has 0 aliphatic heterocycles. The van der Waals surface area contributed by atoms with E-state index in [0.29, 0.717) is 32.1 Å². The van der Waals surface area contributed by atoms with E-state index in [4.69, 9.17) is 37.0 Å². The Morgan fingerprint density at radius 1 is 0.286 bits per heavy atom. The van der Waals surface area contributed by atoms with E-state index in [9.17, 15) is 43.2 Å². The number of hydrogen-bond donors (Lipinski definition) is 3. The van der Waals surface area contributed by atoms with Crippen molar-refractivity contribution in [3.05, 3.63) is 72.9 Å². The van der Waals surface area contributed by atoms with Crippen molar-refractivity contribution in [3.63, 3.8) is 0 Å². The molecule has 19 heteroatoms. The number of carbonyl (C=O) groups excluding carboxylic acids is 4. The van der Waals surface area contributed by atoms with E-state index >= 15 is 0 Å². The highest BCUT2D eigenvalue weighted by atomic mass is 31.2. The molecule has 0 saturated carbocycles. The van der Waals surface area contributed by atoms with Gasteiger partial charge in [-0.2, -0.15) is 0 Å². The first-order chi connectivity index (χ1) is 47.7. The number of phosphoric ester groups is 2. The summed E-state index contributed by atoms with van der Waals surface area (Å²) in [6, 6.07) is 0. The fourth-order valence-corrected chi connectivity index (χ4v) is 12.2. The molecule has 0 saturated heterocycles. The first kappa shape index (κ1) is 94.5. The van der Waals surface area contributed by atoms with Gasteiger partial charge < -0.3 is 33.8 Å². The zero-order valence-corrected chi connectivity index (χ0v) is 64.0. The Bertz CT molecular complexity index is 2140. The lowest BCUT2D eigenvalue weighted by Crippen LogP contribution is -2.30. The van der Waals surface area contributed by atoms with E-state index in [1.807, 2.05) is 12.2 Å². The SMILES string of the molecule is CCCCC/C=C\C/C=C\C/C=C\C/C=C\CCCC(=O)O[C@H](COC(=O)CCCCCCC/C=C\CCCCCC)COP(=O)(O)OC[C@@H](O)COP(=O)(O)OC[C@@H](COC(=O)CCCCCCC/C=C\CCCCCCCC)OC(=O)CCCCCCCCCCCCCCC. The summed E-state index contributed by atoms with van der Waals surface area (Å²) in [5.74, 6) is -2.23. The summed E-state index contributed by atoms with van der Waals surface area (Å²) in [5, 5.41) is 10.6. The number of hydrogen-bond acceptors (Lipinski definition) is 15. The van der Waals surface area contributed by atoms with Crippen LogP contribution in [0.5, 0.6) is 0 Å². The molecule has 5 atom stereocenters. The van der Waals surface area contributed by atoms with Crippen LogP contribution in [-0.4, -0.2) is 96.7 Å². The lowest BCUT2D eigenvalue weighted by Gasteiger charge is -2.21. The van der Waals surface area contributed by atoms with Gasteiger partial charge in [0.15, 0.2) is 12.2 Å². The topological polar surface area (TPSA) is 237 Å². The molecule has 0 rings (SSSR count). The van der Waals surface area contributed by atoms with Crippen LogP contribution in [0.4, 0.5) is 0 Å². The molecule has 0 aromatic carbocycles. The van der Waals surface area contributed by atoms with Crippen LogP contribution in [-0.2, 0) is 65.4 Å². The Morgan fingerprint density at radius 2 is 0.510 bits per heavy atom. The molecule has 0 fully saturated rings. The Hall–Kier alpha value is -3.50. The van der Waals surface area contributed by atoms with Crippen molar-refractivity contribution in [1.82, 2.24) is 0 Å². The monoisotopic (exact) mass is 1420 g/mol. The second kappa shape index (κ2) is 71.9. The van der Waals surface area contributed by atoms with Crippen molar-refractivity contribution in [2.75, 3.05) is 39.6 Å². The molecule has 98 heavy (non-hydrogen) atoms. The zero-order valence-electron chi connectivity index (χ0n) is 62.2. The van der Waals surface area contributed by atoms with Crippen molar-refractivity contribution in [2.45, 2.75) is 367 Å². The summed E-state index contributed by atoms with van der Waals surface area (Å²) in [6.45, 7) is 4.79. The number of aliphatic hydroxyl groups is 1. The molecule has 17 nitrogen and oxygen atoms in total. The minimum atomic E-state index is -4.98. The minimum Gasteiger partial charge on any atom is -0.462 e.